The molecule has 0 spiro atoms. The average molecular weight is 285 g/mol. The molecule has 0 unspecified atom stereocenters. The first-order chi connectivity index (χ1) is 9.17. The molecule has 20 heavy (non-hydrogen) atoms. The average Bonchev–Trinajstić information content (AvgIpc) is 2.75. The molecule has 0 aromatic heterocycles. The molecule has 0 radical (unpaired) electrons. The summed E-state index contributed by atoms with van der Waals surface area (Å²) in [5, 5.41) is 14.8. The zero-order valence-electron chi connectivity index (χ0n) is 13.0. The van der Waals surface area contributed by atoms with Gasteiger partial charge in [-0.25, -0.2) is 9.59 Å². The normalized spacial score (nSPS) is 18.1. The van der Waals surface area contributed by atoms with Crippen LogP contribution in [0.4, 0.5) is 4.79 Å². The van der Waals surface area contributed by atoms with Crippen LogP contribution in [0.5, 0.6) is 0 Å². The summed E-state index contributed by atoms with van der Waals surface area (Å²) >= 11 is 0. The number of nitrogens with zero attached hydrogens (tertiary/aromatic N) is 1. The summed E-state index contributed by atoms with van der Waals surface area (Å²) in [5.74, 6) is -0.933. The van der Waals surface area contributed by atoms with Gasteiger partial charge in [0.05, 0.1) is 0 Å². The Morgan fingerprint density at radius 2 is 1.80 bits per heavy atom. The zero-order valence-corrected chi connectivity index (χ0v) is 13.0. The second kappa shape index (κ2) is 6.43. The first-order valence-corrected chi connectivity index (χ1v) is 7.11. The highest BCUT2D eigenvalue weighted by Gasteiger charge is 2.42. The number of hydrogen-bond acceptors (Lipinski definition) is 3. The van der Waals surface area contributed by atoms with Crippen LogP contribution in [-0.2, 0) is 4.79 Å². The number of aliphatic carboxylic acids is 1. The molecule has 6 nitrogen and oxygen atoms in total. The van der Waals surface area contributed by atoms with Crippen LogP contribution in [0.25, 0.3) is 0 Å². The molecule has 0 aliphatic heterocycles. The van der Waals surface area contributed by atoms with Gasteiger partial charge in [-0.2, -0.15) is 0 Å². The van der Waals surface area contributed by atoms with E-state index >= 15 is 0 Å². The lowest BCUT2D eigenvalue weighted by Gasteiger charge is -2.30. The quantitative estimate of drug-likeness (QED) is 0.686. The maximum atomic E-state index is 11.9. The van der Waals surface area contributed by atoms with Gasteiger partial charge in [-0.05, 0) is 32.4 Å². The molecule has 0 heterocycles. The van der Waals surface area contributed by atoms with E-state index in [0.717, 1.165) is 19.4 Å². The van der Waals surface area contributed by atoms with Crippen LogP contribution in [0.1, 0.15) is 39.5 Å². The monoisotopic (exact) mass is 285 g/mol. The van der Waals surface area contributed by atoms with Crippen molar-refractivity contribution in [3.8, 4) is 0 Å². The first kappa shape index (κ1) is 16.8. The standard InChI is InChI=1S/C14H27N3O3/c1-13(2,10-17(3)4)9-15-12(20)16-14(11(18)19)7-5-6-8-14/h5-10H2,1-4H3,(H,18,19)(H2,15,16,20). The summed E-state index contributed by atoms with van der Waals surface area (Å²) in [5.41, 5.74) is -1.14. The van der Waals surface area contributed by atoms with Gasteiger partial charge in [-0.1, -0.05) is 26.7 Å². The summed E-state index contributed by atoms with van der Waals surface area (Å²) in [6.45, 7) is 5.48. The van der Waals surface area contributed by atoms with Gasteiger partial charge < -0.3 is 20.6 Å². The molecule has 1 rings (SSSR count). The minimum atomic E-state index is -1.07. The van der Waals surface area contributed by atoms with Crippen LogP contribution in [0.15, 0.2) is 0 Å². The smallest absolute Gasteiger partial charge is 0.329 e. The summed E-state index contributed by atoms with van der Waals surface area (Å²) < 4.78 is 0. The number of rotatable bonds is 6. The van der Waals surface area contributed by atoms with Gasteiger partial charge in [-0.15, -0.1) is 0 Å². The fraction of sp³-hybridized carbons (Fsp3) is 0.857. The molecular formula is C14H27N3O3. The maximum Gasteiger partial charge on any atom is 0.329 e. The molecular weight excluding hydrogens is 258 g/mol. The van der Waals surface area contributed by atoms with Crippen LogP contribution >= 0.6 is 0 Å². The third-order valence-corrected chi connectivity index (χ3v) is 3.69. The highest BCUT2D eigenvalue weighted by atomic mass is 16.4. The Morgan fingerprint density at radius 3 is 2.25 bits per heavy atom. The molecule has 0 atom stereocenters. The number of amides is 2. The van der Waals surface area contributed by atoms with E-state index in [1.165, 1.54) is 0 Å². The number of nitrogens with one attached hydrogen (secondary N) is 2. The predicted octanol–water partition coefficient (Wildman–Crippen LogP) is 1.27. The Bertz CT molecular complexity index is 361. The molecule has 1 aliphatic rings. The van der Waals surface area contributed by atoms with Gasteiger partial charge in [0.15, 0.2) is 0 Å². The molecule has 0 aromatic rings. The highest BCUT2D eigenvalue weighted by Crippen LogP contribution is 2.29. The van der Waals surface area contributed by atoms with Crippen LogP contribution < -0.4 is 10.6 Å². The number of carbonyl (C=O) groups is 2. The van der Waals surface area contributed by atoms with Crippen LogP contribution in [0.3, 0.4) is 0 Å². The van der Waals surface area contributed by atoms with Crippen molar-refractivity contribution in [1.29, 1.82) is 0 Å². The molecule has 0 saturated heterocycles. The minimum absolute atomic E-state index is 0.0626. The molecule has 2 amide bonds. The van der Waals surface area contributed by atoms with Crippen molar-refractivity contribution in [2.45, 2.75) is 45.1 Å². The number of carbonyl (C=O) groups excluding carboxylic acids is 1. The van der Waals surface area contributed by atoms with Gasteiger partial charge in [-0.3, -0.25) is 0 Å². The summed E-state index contributed by atoms with van der Waals surface area (Å²) in [4.78, 5) is 25.4. The number of carboxylic acid groups (broad SMARTS) is 1. The third-order valence-electron chi connectivity index (χ3n) is 3.69. The van der Waals surface area contributed by atoms with Crippen molar-refractivity contribution in [3.63, 3.8) is 0 Å². The lowest BCUT2D eigenvalue weighted by molar-refractivity contribution is -0.144. The highest BCUT2D eigenvalue weighted by molar-refractivity contribution is 5.86. The van der Waals surface area contributed by atoms with Gasteiger partial charge in [0.2, 0.25) is 0 Å². The second-order valence-electron chi connectivity index (χ2n) is 6.80. The van der Waals surface area contributed by atoms with Crippen LogP contribution in [0.2, 0.25) is 0 Å². The van der Waals surface area contributed by atoms with E-state index in [9.17, 15) is 14.7 Å². The second-order valence-corrected chi connectivity index (χ2v) is 6.80. The van der Waals surface area contributed by atoms with Crippen molar-refractivity contribution in [1.82, 2.24) is 15.5 Å². The van der Waals surface area contributed by atoms with E-state index in [1.807, 2.05) is 14.1 Å². The minimum Gasteiger partial charge on any atom is -0.480 e. The number of carboxylic acids is 1. The largest absolute Gasteiger partial charge is 0.480 e. The van der Waals surface area contributed by atoms with Crippen molar-refractivity contribution < 1.29 is 14.7 Å². The molecule has 6 heteroatoms. The molecule has 1 saturated carbocycles. The Labute approximate surface area is 120 Å². The fourth-order valence-electron chi connectivity index (χ4n) is 2.86. The van der Waals surface area contributed by atoms with Gasteiger partial charge in [0.25, 0.3) is 0 Å². The van der Waals surface area contributed by atoms with Crippen molar-refractivity contribution in [2.24, 2.45) is 5.41 Å². The molecule has 0 bridgehead atoms. The molecule has 3 N–H and O–H groups in total. The lowest BCUT2D eigenvalue weighted by Crippen LogP contribution is -2.56. The summed E-state index contributed by atoms with van der Waals surface area (Å²) in [6, 6.07) is -0.388. The van der Waals surface area contributed by atoms with Gasteiger partial charge in [0.1, 0.15) is 5.54 Å². The molecule has 116 valence electrons. The lowest BCUT2D eigenvalue weighted by atomic mass is 9.93. The Kier molecular flexibility index (Phi) is 5.39. The predicted molar refractivity (Wildman–Crippen MR) is 77.7 cm³/mol. The Morgan fingerprint density at radius 1 is 1.25 bits per heavy atom. The van der Waals surface area contributed by atoms with E-state index in [-0.39, 0.29) is 11.4 Å². The summed E-state index contributed by atoms with van der Waals surface area (Å²) in [7, 11) is 3.97. The zero-order chi connectivity index (χ0) is 15.4. The van der Waals surface area contributed by atoms with E-state index in [0.29, 0.717) is 19.4 Å². The summed E-state index contributed by atoms with van der Waals surface area (Å²) in [6.07, 6.45) is 2.71. The van der Waals surface area contributed by atoms with E-state index < -0.39 is 11.5 Å². The Hall–Kier alpha value is -1.30. The third kappa shape index (κ3) is 4.67. The van der Waals surface area contributed by atoms with Crippen LogP contribution in [0, 0.1) is 5.41 Å². The van der Waals surface area contributed by atoms with Gasteiger partial charge in [0, 0.05) is 13.1 Å². The molecule has 1 aliphatic carbocycles. The Balaban J connectivity index is 2.49. The number of urea groups is 1. The molecule has 1 fully saturated rings. The number of hydrogen-bond donors (Lipinski definition) is 3. The van der Waals surface area contributed by atoms with E-state index in [4.69, 9.17) is 0 Å². The van der Waals surface area contributed by atoms with Crippen molar-refractivity contribution in [2.75, 3.05) is 27.2 Å². The maximum absolute atomic E-state index is 11.9. The van der Waals surface area contributed by atoms with E-state index in [1.54, 1.807) is 0 Å². The topological polar surface area (TPSA) is 81.7 Å². The SMILES string of the molecule is CN(C)CC(C)(C)CNC(=O)NC1(C(=O)O)CCCC1. The van der Waals surface area contributed by atoms with Crippen molar-refractivity contribution >= 4 is 12.0 Å². The fourth-order valence-corrected chi connectivity index (χ4v) is 2.86. The van der Waals surface area contributed by atoms with Crippen LogP contribution in [-0.4, -0.2) is 54.7 Å². The van der Waals surface area contributed by atoms with E-state index in [2.05, 4.69) is 29.4 Å². The van der Waals surface area contributed by atoms with Gasteiger partial charge >= 0.3 is 12.0 Å². The first-order valence-electron chi connectivity index (χ1n) is 7.11. The molecule has 0 aromatic carbocycles. The van der Waals surface area contributed by atoms with Crippen molar-refractivity contribution in [3.05, 3.63) is 0 Å².